The fourth-order valence-corrected chi connectivity index (χ4v) is 0.266. The zero-order valence-electron chi connectivity index (χ0n) is 4.80. The first-order chi connectivity index (χ1) is 3.63. The van der Waals surface area contributed by atoms with Gasteiger partial charge in [-0.15, -0.1) is 0 Å². The predicted molar refractivity (Wildman–Crippen MR) is 43.0 cm³/mol. The second-order valence-electron chi connectivity index (χ2n) is 0.902. The Morgan fingerprint density at radius 3 is 1.89 bits per heavy atom. The third-order valence-electron chi connectivity index (χ3n) is 0.288. The number of hydrogen-bond acceptors (Lipinski definition) is 3. The van der Waals surface area contributed by atoms with Crippen LogP contribution in [0.4, 0.5) is 0 Å². The molecule has 0 aliphatic heterocycles. The second-order valence-corrected chi connectivity index (χ2v) is 2.42. The summed E-state index contributed by atoms with van der Waals surface area (Å²) in [6, 6.07) is 0. The van der Waals surface area contributed by atoms with Crippen molar-refractivity contribution in [1.29, 1.82) is 0 Å². The van der Waals surface area contributed by atoms with E-state index in [4.69, 9.17) is 5.73 Å². The van der Waals surface area contributed by atoms with Crippen molar-refractivity contribution >= 4 is 46.5 Å². The van der Waals surface area contributed by atoms with E-state index in [0.29, 0.717) is 0 Å². The maximum atomic E-state index is 4.99. The molecule has 0 heterocycles. The number of hydrazine groups is 1. The van der Waals surface area contributed by atoms with E-state index in [1.165, 1.54) is 0 Å². The van der Waals surface area contributed by atoms with Crippen LogP contribution in [0.5, 0.6) is 0 Å². The summed E-state index contributed by atoms with van der Waals surface area (Å²) in [7, 11) is 0. The molecule has 0 unspecified atom stereocenters. The van der Waals surface area contributed by atoms with Crippen LogP contribution in [0, 0.1) is 0 Å². The van der Waals surface area contributed by atoms with Crippen LogP contribution in [0.3, 0.4) is 0 Å². The molecule has 0 fully saturated rings. The van der Waals surface area contributed by atoms with Crippen molar-refractivity contribution in [2.75, 3.05) is 0 Å². The zero-order valence-corrected chi connectivity index (χ0v) is 10.4. The van der Waals surface area contributed by atoms with E-state index in [0.717, 1.165) is 0 Å². The normalized spacial score (nSPS) is 6.67. The molecule has 46 valence electrons. The Bertz CT molecular complexity index is 102. The van der Waals surface area contributed by atoms with Crippen LogP contribution >= 0.6 is 24.4 Å². The summed E-state index contributed by atoms with van der Waals surface area (Å²) in [6.45, 7) is 0. The smallest absolute Gasteiger partial charge is 0.410 e. The van der Waals surface area contributed by atoms with E-state index >= 15 is 0 Å². The number of thiocarbonyl (C=S) groups is 2. The van der Waals surface area contributed by atoms with Crippen molar-refractivity contribution in [2.45, 2.75) is 0 Å². The number of nitrogens with two attached hydrogens (primary N) is 1. The fourth-order valence-electron chi connectivity index (χ4n) is 0.113. The van der Waals surface area contributed by atoms with E-state index in [1.807, 2.05) is 0 Å². The molecular weight excluding hydrogens is 201 g/mol. The predicted octanol–water partition coefficient (Wildman–Crippen LogP) is -3.84. The van der Waals surface area contributed by atoms with Gasteiger partial charge in [0.2, 0.25) is 0 Å². The molecule has 0 atom stereocenters. The van der Waals surface area contributed by atoms with Gasteiger partial charge in [-0.3, -0.25) is 5.43 Å². The summed E-state index contributed by atoms with van der Waals surface area (Å²) in [4.78, 5) is 0. The van der Waals surface area contributed by atoms with Gasteiger partial charge in [0.25, 0.3) is 0 Å². The maximum absolute atomic E-state index is 4.99. The minimum Gasteiger partial charge on any atom is -0.410 e. The molecule has 4 N–H and O–H groups in total. The average Bonchev–Trinajstić information content (AvgIpc) is 1.61. The molecule has 0 bridgehead atoms. The monoisotopic (exact) mass is 205 g/mol. The second kappa shape index (κ2) is 7.54. The summed E-state index contributed by atoms with van der Waals surface area (Å²) in [5.41, 5.74) is 9.73. The van der Waals surface area contributed by atoms with Crippen LogP contribution in [-0.4, -0.2) is 9.43 Å². The molecule has 0 rings (SSSR count). The summed E-state index contributed by atoms with van der Waals surface area (Å²) >= 11 is 13.3. The molecule has 0 aliphatic rings. The Kier molecular flexibility index (Phi) is 10.9. The average molecular weight is 205 g/mol. The van der Waals surface area contributed by atoms with Crippen molar-refractivity contribution < 1.29 is 51.4 Å². The van der Waals surface area contributed by atoms with Crippen molar-refractivity contribution in [2.24, 2.45) is 5.73 Å². The van der Waals surface area contributed by atoms with Crippen LogP contribution < -0.4 is 68.0 Å². The molecule has 3 nitrogen and oxygen atoms in total. The SMILES string of the molecule is NC(=S)NNC(=S)[S-].[K+]. The van der Waals surface area contributed by atoms with Crippen LogP contribution in [0.1, 0.15) is 0 Å². The zero-order chi connectivity index (χ0) is 6.57. The van der Waals surface area contributed by atoms with Gasteiger partial charge < -0.3 is 36.0 Å². The van der Waals surface area contributed by atoms with Crippen LogP contribution in [0.2, 0.25) is 0 Å². The molecule has 0 radical (unpaired) electrons. The molecule has 9 heavy (non-hydrogen) atoms. The molecule has 0 amide bonds. The standard InChI is InChI=1S/C2H5N3S3.K/c3-1(6)4-5-2(7)8;/h(H3,3,4,6)(H2,5,7,8);/q;+1/p-1. The van der Waals surface area contributed by atoms with Gasteiger partial charge in [0.05, 0.1) is 0 Å². The van der Waals surface area contributed by atoms with E-state index < -0.39 is 0 Å². The van der Waals surface area contributed by atoms with Gasteiger partial charge in [-0.2, -0.15) is 0 Å². The third kappa shape index (κ3) is 12.6. The summed E-state index contributed by atoms with van der Waals surface area (Å²) in [5, 5.41) is 0.122. The molecule has 0 spiro atoms. The third-order valence-corrected chi connectivity index (χ3v) is 0.594. The molecule has 0 saturated carbocycles. The first kappa shape index (κ1) is 13.1. The van der Waals surface area contributed by atoms with Crippen molar-refractivity contribution in [3.05, 3.63) is 0 Å². The first-order valence-corrected chi connectivity index (χ1v) is 2.88. The van der Waals surface area contributed by atoms with E-state index in [2.05, 4.69) is 47.9 Å². The van der Waals surface area contributed by atoms with Gasteiger partial charge in [-0.25, -0.2) is 0 Å². The maximum Gasteiger partial charge on any atom is 1.00 e. The Balaban J connectivity index is 0. The summed E-state index contributed by atoms with van der Waals surface area (Å²) < 4.78 is 0.192. The Morgan fingerprint density at radius 1 is 1.33 bits per heavy atom. The van der Waals surface area contributed by atoms with Crippen molar-refractivity contribution in [1.82, 2.24) is 10.9 Å². The topological polar surface area (TPSA) is 50.1 Å². The molecule has 0 aliphatic carbocycles. The van der Waals surface area contributed by atoms with E-state index in [-0.39, 0.29) is 60.8 Å². The molecule has 0 saturated heterocycles. The molecular formula is C2H4KN3S3. The quantitative estimate of drug-likeness (QED) is 0.163. The van der Waals surface area contributed by atoms with Crippen molar-refractivity contribution in [3.8, 4) is 0 Å². The molecule has 0 aromatic rings. The van der Waals surface area contributed by atoms with Crippen LogP contribution in [0.15, 0.2) is 0 Å². The van der Waals surface area contributed by atoms with Crippen molar-refractivity contribution in [3.63, 3.8) is 0 Å². The first-order valence-electron chi connectivity index (χ1n) is 1.65. The van der Waals surface area contributed by atoms with Gasteiger partial charge in [-0.05, 0) is 16.5 Å². The van der Waals surface area contributed by atoms with Gasteiger partial charge in [0.1, 0.15) is 0 Å². The molecule has 0 aromatic heterocycles. The Hall–Kier alpha value is 1.44. The number of rotatable bonds is 0. The van der Waals surface area contributed by atoms with Crippen LogP contribution in [-0.2, 0) is 12.6 Å². The summed E-state index contributed by atoms with van der Waals surface area (Å²) in [5.74, 6) is 0. The molecule has 0 aromatic carbocycles. The molecule has 7 heteroatoms. The van der Waals surface area contributed by atoms with Gasteiger partial charge in [0, 0.05) is 0 Å². The fraction of sp³-hybridized carbons (Fsp3) is 0. The van der Waals surface area contributed by atoms with E-state index in [1.54, 1.807) is 0 Å². The van der Waals surface area contributed by atoms with Crippen LogP contribution in [0.25, 0.3) is 0 Å². The Morgan fingerprint density at radius 2 is 1.78 bits per heavy atom. The number of nitrogens with one attached hydrogen (secondary N) is 2. The number of hydrogen-bond donors (Lipinski definition) is 3. The van der Waals surface area contributed by atoms with Gasteiger partial charge in [0.15, 0.2) is 5.11 Å². The Labute approximate surface area is 112 Å². The van der Waals surface area contributed by atoms with E-state index in [9.17, 15) is 0 Å². The summed E-state index contributed by atoms with van der Waals surface area (Å²) in [6.07, 6.45) is 0. The minimum atomic E-state index is 0. The minimum absolute atomic E-state index is 0. The van der Waals surface area contributed by atoms with Gasteiger partial charge in [-0.1, -0.05) is 0 Å². The largest absolute Gasteiger partial charge is 1.00 e. The van der Waals surface area contributed by atoms with Gasteiger partial charge >= 0.3 is 51.4 Å².